The quantitative estimate of drug-likeness (QED) is 0.292. The molecule has 22 heavy (non-hydrogen) atoms. The molecule has 0 bridgehead atoms. The molecule has 0 aliphatic carbocycles. The molecule has 0 heterocycles. The first-order valence-corrected chi connectivity index (χ1v) is 9.64. The molecule has 0 aromatic heterocycles. The summed E-state index contributed by atoms with van der Waals surface area (Å²) in [4.78, 5) is 0. The summed E-state index contributed by atoms with van der Waals surface area (Å²) in [5.74, 6) is 0. The Kier molecular flexibility index (Phi) is 15.8. The first-order valence-electron chi connectivity index (χ1n) is 7.71. The lowest BCUT2D eigenvalue weighted by molar-refractivity contribution is -0.000760. The average molecular weight is 340 g/mol. The Balaban J connectivity index is 3.27. The lowest BCUT2D eigenvalue weighted by Gasteiger charge is -2.24. The van der Waals surface area contributed by atoms with Crippen LogP contribution in [0.3, 0.4) is 0 Å². The normalized spacial score (nSPS) is 12.0. The molecule has 0 amide bonds. The lowest BCUT2D eigenvalue weighted by atomic mass is 10.5. The predicted molar refractivity (Wildman–Crippen MR) is 85.2 cm³/mol. The molecule has 0 aromatic carbocycles. The second kappa shape index (κ2) is 15.8. The summed E-state index contributed by atoms with van der Waals surface area (Å²) >= 11 is 0. The van der Waals surface area contributed by atoms with Crippen LogP contribution < -0.4 is 0 Å². The second-order valence-corrected chi connectivity index (χ2v) is 7.52. The van der Waals surface area contributed by atoms with Gasteiger partial charge in [0, 0.05) is 40.6 Å². The Morgan fingerprint density at radius 2 is 1.00 bits per heavy atom. The van der Waals surface area contributed by atoms with Crippen molar-refractivity contribution in [2.45, 2.75) is 19.4 Å². The fourth-order valence-corrected chi connectivity index (χ4v) is 3.44. The van der Waals surface area contributed by atoms with E-state index >= 15 is 0 Å². The van der Waals surface area contributed by atoms with Gasteiger partial charge in [0.2, 0.25) is 0 Å². The van der Waals surface area contributed by atoms with Crippen molar-refractivity contribution in [2.24, 2.45) is 0 Å². The van der Waals surface area contributed by atoms with Crippen molar-refractivity contribution in [1.82, 2.24) is 0 Å². The molecule has 0 spiro atoms. The minimum Gasteiger partial charge on any atom is -0.379 e. The molecular formula is C14H32O7Si. The van der Waals surface area contributed by atoms with E-state index < -0.39 is 8.80 Å². The van der Waals surface area contributed by atoms with E-state index in [1.165, 1.54) is 0 Å². The van der Waals surface area contributed by atoms with Crippen molar-refractivity contribution in [2.75, 3.05) is 74.2 Å². The maximum atomic E-state index is 5.49. The van der Waals surface area contributed by atoms with Crippen LogP contribution in [0.2, 0.25) is 6.04 Å². The van der Waals surface area contributed by atoms with Gasteiger partial charge in [-0.1, -0.05) is 0 Å². The maximum Gasteiger partial charge on any atom is 0.500 e. The smallest absolute Gasteiger partial charge is 0.379 e. The number of hydrogen-bond donors (Lipinski definition) is 0. The van der Waals surface area contributed by atoms with E-state index in [4.69, 9.17) is 32.2 Å². The van der Waals surface area contributed by atoms with Gasteiger partial charge in [-0.05, 0) is 13.3 Å². The van der Waals surface area contributed by atoms with Crippen molar-refractivity contribution in [3.8, 4) is 0 Å². The Morgan fingerprint density at radius 1 is 0.591 bits per heavy atom. The van der Waals surface area contributed by atoms with Gasteiger partial charge < -0.3 is 32.2 Å². The summed E-state index contributed by atoms with van der Waals surface area (Å²) in [6.45, 7) is 6.85. The summed E-state index contributed by atoms with van der Waals surface area (Å²) in [6.07, 6.45) is 0.836. The molecule has 0 N–H and O–H groups in total. The zero-order valence-corrected chi connectivity index (χ0v) is 15.4. The van der Waals surface area contributed by atoms with E-state index in [1.54, 1.807) is 21.3 Å². The van der Waals surface area contributed by atoms with Crippen LogP contribution in [0.4, 0.5) is 0 Å². The largest absolute Gasteiger partial charge is 0.500 e. The second-order valence-electron chi connectivity index (χ2n) is 4.43. The predicted octanol–water partition coefficient (Wildman–Crippen LogP) is 1.34. The topological polar surface area (TPSA) is 64.6 Å². The Hall–Kier alpha value is -0.0631. The summed E-state index contributed by atoms with van der Waals surface area (Å²) in [5.41, 5.74) is 0. The van der Waals surface area contributed by atoms with Gasteiger partial charge >= 0.3 is 8.80 Å². The molecule has 0 aliphatic rings. The molecule has 0 saturated carbocycles. The highest BCUT2D eigenvalue weighted by Gasteiger charge is 2.36. The highest BCUT2D eigenvalue weighted by molar-refractivity contribution is 6.60. The molecule has 7 nitrogen and oxygen atoms in total. The molecule has 0 aliphatic heterocycles. The third-order valence-corrected chi connectivity index (χ3v) is 5.86. The fraction of sp³-hybridized carbons (Fsp3) is 1.00. The number of ether oxygens (including phenoxy) is 4. The first-order chi connectivity index (χ1) is 10.7. The third-order valence-electron chi connectivity index (χ3n) is 3.02. The van der Waals surface area contributed by atoms with Crippen molar-refractivity contribution in [3.05, 3.63) is 0 Å². The van der Waals surface area contributed by atoms with Crippen molar-refractivity contribution in [3.63, 3.8) is 0 Å². The van der Waals surface area contributed by atoms with Crippen LogP contribution in [0, 0.1) is 0 Å². The van der Waals surface area contributed by atoms with Crippen molar-refractivity contribution in [1.29, 1.82) is 0 Å². The van der Waals surface area contributed by atoms with Crippen LogP contribution in [0.1, 0.15) is 13.3 Å². The SMILES string of the molecule is CCOCCOCCOCCOCCC[Si](OC)(OC)OC. The van der Waals surface area contributed by atoms with Gasteiger partial charge in [-0.2, -0.15) is 0 Å². The molecule has 0 rings (SSSR count). The molecule has 0 atom stereocenters. The molecular weight excluding hydrogens is 308 g/mol. The van der Waals surface area contributed by atoms with Gasteiger partial charge in [0.25, 0.3) is 0 Å². The van der Waals surface area contributed by atoms with E-state index in [1.807, 2.05) is 6.92 Å². The average Bonchev–Trinajstić information content (AvgIpc) is 2.56. The van der Waals surface area contributed by atoms with E-state index in [-0.39, 0.29) is 0 Å². The Labute approximate surface area is 135 Å². The Morgan fingerprint density at radius 3 is 1.41 bits per heavy atom. The highest BCUT2D eigenvalue weighted by Crippen LogP contribution is 2.14. The molecule has 0 unspecified atom stereocenters. The monoisotopic (exact) mass is 340 g/mol. The van der Waals surface area contributed by atoms with Gasteiger partial charge in [-0.15, -0.1) is 0 Å². The molecule has 8 heteroatoms. The maximum absolute atomic E-state index is 5.49. The van der Waals surface area contributed by atoms with Crippen molar-refractivity contribution >= 4 is 8.80 Å². The van der Waals surface area contributed by atoms with E-state index in [0.717, 1.165) is 19.1 Å². The Bertz CT molecular complexity index is 219. The van der Waals surface area contributed by atoms with Gasteiger partial charge in [0.05, 0.1) is 39.6 Å². The standard InChI is InChI=1S/C14H32O7Si/c1-5-18-8-9-20-12-13-21-11-10-19-7-6-14-22(15-2,16-3)17-4/h5-14H2,1-4H3. The van der Waals surface area contributed by atoms with E-state index in [0.29, 0.717) is 46.2 Å². The molecule has 0 fully saturated rings. The number of hydrogen-bond acceptors (Lipinski definition) is 7. The molecule has 0 saturated heterocycles. The summed E-state index contributed by atoms with van der Waals surface area (Å²) in [5, 5.41) is 0. The molecule has 0 aromatic rings. The summed E-state index contributed by atoms with van der Waals surface area (Å²) < 4.78 is 37.4. The van der Waals surface area contributed by atoms with Gasteiger partial charge in [0.15, 0.2) is 0 Å². The lowest BCUT2D eigenvalue weighted by Crippen LogP contribution is -2.42. The zero-order chi connectivity index (χ0) is 16.5. The van der Waals surface area contributed by atoms with Gasteiger partial charge in [-0.3, -0.25) is 0 Å². The van der Waals surface area contributed by atoms with Crippen molar-refractivity contribution < 1.29 is 32.2 Å². The van der Waals surface area contributed by atoms with E-state index in [9.17, 15) is 0 Å². The van der Waals surface area contributed by atoms with Crippen LogP contribution >= 0.6 is 0 Å². The van der Waals surface area contributed by atoms with E-state index in [2.05, 4.69) is 0 Å². The molecule has 134 valence electrons. The highest BCUT2D eigenvalue weighted by atomic mass is 28.4. The van der Waals surface area contributed by atoms with Gasteiger partial charge in [-0.25, -0.2) is 0 Å². The summed E-state index contributed by atoms with van der Waals surface area (Å²) in [7, 11) is 2.39. The molecule has 0 radical (unpaired) electrons. The minimum absolute atomic E-state index is 0.566. The minimum atomic E-state index is -2.46. The number of rotatable bonds is 17. The zero-order valence-electron chi connectivity index (χ0n) is 14.4. The fourth-order valence-electron chi connectivity index (χ4n) is 1.75. The van der Waals surface area contributed by atoms with Gasteiger partial charge in [0.1, 0.15) is 0 Å². The van der Waals surface area contributed by atoms with Crippen LogP contribution in [0.25, 0.3) is 0 Å². The van der Waals surface area contributed by atoms with Crippen LogP contribution in [0.5, 0.6) is 0 Å². The van der Waals surface area contributed by atoms with Crippen LogP contribution in [-0.2, 0) is 32.2 Å². The van der Waals surface area contributed by atoms with Crippen LogP contribution in [0.15, 0.2) is 0 Å². The first kappa shape index (κ1) is 21.9. The summed E-state index contributed by atoms with van der Waals surface area (Å²) in [6, 6.07) is 0.741. The third kappa shape index (κ3) is 11.5. The van der Waals surface area contributed by atoms with Crippen LogP contribution in [-0.4, -0.2) is 83.0 Å².